The van der Waals surface area contributed by atoms with Crippen LogP contribution in [0.25, 0.3) is 0 Å². The van der Waals surface area contributed by atoms with Gasteiger partial charge in [0.2, 0.25) is 11.8 Å². The van der Waals surface area contributed by atoms with Gasteiger partial charge in [0.1, 0.15) is 0 Å². The van der Waals surface area contributed by atoms with Crippen LogP contribution in [0.1, 0.15) is 56.7 Å². The Kier molecular flexibility index (Phi) is 9.50. The number of benzene rings is 2. The first kappa shape index (κ1) is 25.3. The number of hydrogen-bond donors (Lipinski definition) is 1. The van der Waals surface area contributed by atoms with Crippen LogP contribution in [0.2, 0.25) is 0 Å². The molecule has 2 amide bonds. The summed E-state index contributed by atoms with van der Waals surface area (Å²) < 4.78 is 11.3. The van der Waals surface area contributed by atoms with Crippen LogP contribution in [0.5, 0.6) is 11.5 Å². The Morgan fingerprint density at radius 1 is 0.971 bits per heavy atom. The summed E-state index contributed by atoms with van der Waals surface area (Å²) in [7, 11) is 0. The first-order valence-electron chi connectivity index (χ1n) is 12.2. The van der Waals surface area contributed by atoms with Crippen molar-refractivity contribution in [3.05, 3.63) is 59.2 Å². The zero-order valence-corrected chi connectivity index (χ0v) is 20.4. The summed E-state index contributed by atoms with van der Waals surface area (Å²) >= 11 is 0. The second-order valence-electron chi connectivity index (χ2n) is 8.11. The molecule has 0 radical (unpaired) electrons. The third kappa shape index (κ3) is 7.07. The smallest absolute Gasteiger partial charge is 0.243 e. The van der Waals surface area contributed by atoms with Crippen molar-refractivity contribution >= 4 is 17.5 Å². The molecule has 182 valence electrons. The Hall–Kier alpha value is -3.35. The fraction of sp³-hybridized carbons (Fsp3) is 0.444. The zero-order valence-electron chi connectivity index (χ0n) is 20.4. The van der Waals surface area contributed by atoms with Gasteiger partial charge in [-0.25, -0.2) is 5.01 Å². The van der Waals surface area contributed by atoms with Gasteiger partial charge >= 0.3 is 0 Å². The number of hydrogen-bond acceptors (Lipinski definition) is 5. The molecule has 0 aromatic heterocycles. The van der Waals surface area contributed by atoms with Crippen molar-refractivity contribution in [3.8, 4) is 11.5 Å². The molecule has 0 unspecified atom stereocenters. The van der Waals surface area contributed by atoms with E-state index in [1.165, 1.54) is 10.6 Å². The normalized spacial score (nSPS) is 13.4. The lowest BCUT2D eigenvalue weighted by molar-refractivity contribution is -0.132. The molecule has 1 aliphatic heterocycles. The molecule has 0 saturated heterocycles. The third-order valence-corrected chi connectivity index (χ3v) is 5.69. The van der Waals surface area contributed by atoms with Crippen LogP contribution in [-0.4, -0.2) is 48.8 Å². The number of nitrogens with zero attached hydrogens (tertiary/aromatic N) is 2. The molecule has 7 nitrogen and oxygen atoms in total. The molecule has 1 N–H and O–H groups in total. The number of nitrogens with one attached hydrogen (secondary N) is 1. The SMILES string of the molecule is CCOc1ccc(CCNC(=O)CCN2N=C(c3ccc(CC)cc3)CCC2=O)cc1OCC. The molecular weight excluding hydrogens is 430 g/mol. The van der Waals surface area contributed by atoms with E-state index in [9.17, 15) is 9.59 Å². The maximum Gasteiger partial charge on any atom is 0.243 e. The Morgan fingerprint density at radius 3 is 2.38 bits per heavy atom. The first-order valence-corrected chi connectivity index (χ1v) is 12.2. The van der Waals surface area contributed by atoms with E-state index < -0.39 is 0 Å². The van der Waals surface area contributed by atoms with Crippen LogP contribution in [0, 0.1) is 0 Å². The van der Waals surface area contributed by atoms with Crippen molar-refractivity contribution in [3.63, 3.8) is 0 Å². The maximum absolute atomic E-state index is 12.4. The molecule has 0 aliphatic carbocycles. The van der Waals surface area contributed by atoms with E-state index in [2.05, 4.69) is 41.6 Å². The quantitative estimate of drug-likeness (QED) is 0.511. The van der Waals surface area contributed by atoms with Crippen molar-refractivity contribution < 1.29 is 19.1 Å². The minimum absolute atomic E-state index is 0.0421. The minimum atomic E-state index is -0.0987. The molecule has 34 heavy (non-hydrogen) atoms. The van der Waals surface area contributed by atoms with Gasteiger partial charge in [-0.2, -0.15) is 5.10 Å². The molecule has 0 atom stereocenters. The molecule has 7 heteroatoms. The molecule has 1 aliphatic rings. The lowest BCUT2D eigenvalue weighted by Crippen LogP contribution is -2.35. The van der Waals surface area contributed by atoms with Gasteiger partial charge in [-0.1, -0.05) is 37.3 Å². The fourth-order valence-electron chi connectivity index (χ4n) is 3.81. The van der Waals surface area contributed by atoms with Crippen molar-refractivity contribution in [2.45, 2.75) is 52.9 Å². The highest BCUT2D eigenvalue weighted by Crippen LogP contribution is 2.28. The highest BCUT2D eigenvalue weighted by atomic mass is 16.5. The zero-order chi connectivity index (χ0) is 24.3. The molecule has 0 bridgehead atoms. The predicted octanol–water partition coefficient (Wildman–Crippen LogP) is 4.12. The van der Waals surface area contributed by atoms with E-state index in [4.69, 9.17) is 9.47 Å². The summed E-state index contributed by atoms with van der Waals surface area (Å²) in [5, 5.41) is 8.91. The summed E-state index contributed by atoms with van der Waals surface area (Å²) in [4.78, 5) is 24.7. The van der Waals surface area contributed by atoms with Crippen LogP contribution in [0.4, 0.5) is 0 Å². The van der Waals surface area contributed by atoms with Crippen molar-refractivity contribution in [1.82, 2.24) is 10.3 Å². The Bertz CT molecular complexity index is 1000. The molecule has 1 heterocycles. The molecule has 2 aromatic carbocycles. The number of hydrazone groups is 1. The number of carbonyl (C=O) groups is 2. The molecular formula is C27H35N3O4. The highest BCUT2D eigenvalue weighted by Gasteiger charge is 2.21. The van der Waals surface area contributed by atoms with E-state index >= 15 is 0 Å². The predicted molar refractivity (Wildman–Crippen MR) is 133 cm³/mol. The van der Waals surface area contributed by atoms with E-state index in [0.29, 0.717) is 39.0 Å². The third-order valence-electron chi connectivity index (χ3n) is 5.69. The number of ether oxygens (including phenoxy) is 2. The van der Waals surface area contributed by atoms with Crippen LogP contribution < -0.4 is 14.8 Å². The van der Waals surface area contributed by atoms with Gasteiger partial charge < -0.3 is 14.8 Å². The Labute approximate surface area is 202 Å². The van der Waals surface area contributed by atoms with Gasteiger partial charge in [-0.3, -0.25) is 9.59 Å². The number of rotatable bonds is 12. The molecule has 3 rings (SSSR count). The van der Waals surface area contributed by atoms with Gasteiger partial charge in [0, 0.05) is 25.8 Å². The second kappa shape index (κ2) is 12.8. The van der Waals surface area contributed by atoms with Gasteiger partial charge in [0.15, 0.2) is 11.5 Å². The average molecular weight is 466 g/mol. The van der Waals surface area contributed by atoms with Crippen molar-refractivity contribution in [2.75, 3.05) is 26.3 Å². The van der Waals surface area contributed by atoms with E-state index in [0.717, 1.165) is 34.8 Å². The van der Waals surface area contributed by atoms with Crippen molar-refractivity contribution in [1.29, 1.82) is 0 Å². The van der Waals surface area contributed by atoms with Crippen LogP contribution in [0.15, 0.2) is 47.6 Å². The van der Waals surface area contributed by atoms with Gasteiger partial charge in [-0.15, -0.1) is 0 Å². The summed E-state index contributed by atoms with van der Waals surface area (Å²) in [6.45, 7) is 7.91. The Balaban J connectivity index is 1.49. The summed E-state index contributed by atoms with van der Waals surface area (Å²) in [6.07, 6.45) is 2.91. The van der Waals surface area contributed by atoms with Crippen LogP contribution in [-0.2, 0) is 22.4 Å². The lowest BCUT2D eigenvalue weighted by Gasteiger charge is -2.23. The van der Waals surface area contributed by atoms with Gasteiger partial charge in [-0.05, 0) is 55.5 Å². The number of aryl methyl sites for hydroxylation is 1. The molecule has 0 fully saturated rings. The average Bonchev–Trinajstić information content (AvgIpc) is 2.85. The maximum atomic E-state index is 12.4. The number of carbonyl (C=O) groups excluding carboxylic acids is 2. The molecule has 0 spiro atoms. The van der Waals surface area contributed by atoms with Crippen molar-refractivity contribution in [2.24, 2.45) is 5.10 Å². The topological polar surface area (TPSA) is 80.2 Å². The van der Waals surface area contributed by atoms with E-state index in [1.807, 2.05) is 32.0 Å². The van der Waals surface area contributed by atoms with E-state index in [1.54, 1.807) is 0 Å². The standard InChI is InChI=1S/C27H35N3O4/c1-4-20-7-10-22(11-8-20)23-12-14-27(32)30(29-23)18-16-26(31)28-17-15-21-9-13-24(33-5-2)25(19-21)34-6-3/h7-11,13,19H,4-6,12,14-18H2,1-3H3,(H,28,31). The monoisotopic (exact) mass is 465 g/mol. The molecule has 0 saturated carbocycles. The Morgan fingerprint density at radius 2 is 1.68 bits per heavy atom. The molecule has 2 aromatic rings. The first-order chi connectivity index (χ1) is 16.5. The summed E-state index contributed by atoms with van der Waals surface area (Å²) in [6, 6.07) is 14.1. The largest absolute Gasteiger partial charge is 0.490 e. The fourth-order valence-corrected chi connectivity index (χ4v) is 3.81. The highest BCUT2D eigenvalue weighted by molar-refractivity contribution is 6.04. The number of amides is 2. The summed E-state index contributed by atoms with van der Waals surface area (Å²) in [5.41, 5.74) is 4.25. The van der Waals surface area contributed by atoms with Gasteiger partial charge in [0.25, 0.3) is 0 Å². The van der Waals surface area contributed by atoms with Crippen LogP contribution in [0.3, 0.4) is 0 Å². The lowest BCUT2D eigenvalue weighted by atomic mass is 10.0. The summed E-state index contributed by atoms with van der Waals surface area (Å²) in [5.74, 6) is 1.30. The van der Waals surface area contributed by atoms with E-state index in [-0.39, 0.29) is 24.8 Å². The van der Waals surface area contributed by atoms with Gasteiger partial charge in [0.05, 0.1) is 25.5 Å². The van der Waals surface area contributed by atoms with Crippen LogP contribution >= 0.6 is 0 Å². The minimum Gasteiger partial charge on any atom is -0.490 e. The second-order valence-corrected chi connectivity index (χ2v) is 8.11.